The zero-order valence-corrected chi connectivity index (χ0v) is 6.80. The lowest BCUT2D eigenvalue weighted by Gasteiger charge is -1.95. The molecule has 57 valence electrons. The van der Waals surface area contributed by atoms with Gasteiger partial charge in [0.05, 0.1) is 0 Å². The molecular formula is C12H9. The Morgan fingerprint density at radius 1 is 1.08 bits per heavy atom. The van der Waals surface area contributed by atoms with Crippen LogP contribution in [0.1, 0.15) is 0 Å². The lowest BCUT2D eigenvalue weighted by molar-refractivity contribution is 1.58. The van der Waals surface area contributed by atoms with Gasteiger partial charge in [-0.2, -0.15) is 0 Å². The second kappa shape index (κ2) is 2.49. The number of benzene rings is 2. The zero-order valence-electron chi connectivity index (χ0n) is 6.80. The van der Waals surface area contributed by atoms with Crippen LogP contribution in [0.5, 0.6) is 0 Å². The van der Waals surface area contributed by atoms with Gasteiger partial charge in [-0.1, -0.05) is 37.4 Å². The van der Waals surface area contributed by atoms with Crippen LogP contribution >= 0.6 is 0 Å². The normalized spacial score (nSPS) is 10.3. The first-order valence-electron chi connectivity index (χ1n) is 3.86. The Morgan fingerprint density at radius 3 is 2.67 bits per heavy atom. The summed E-state index contributed by atoms with van der Waals surface area (Å²) < 4.78 is 0. The molecule has 2 aromatic rings. The summed E-state index contributed by atoms with van der Waals surface area (Å²) in [4.78, 5) is 0. The average Bonchev–Trinajstić information content (AvgIpc) is 2.07. The fourth-order valence-corrected chi connectivity index (χ4v) is 1.25. The molecule has 0 aliphatic rings. The molecule has 0 bridgehead atoms. The fraction of sp³-hybridized carbons (Fsp3) is 0. The minimum atomic E-state index is 0.883. The smallest absolute Gasteiger partial charge is 0.00207 e. The third-order valence-electron chi connectivity index (χ3n) is 1.96. The van der Waals surface area contributed by atoms with Crippen molar-refractivity contribution in [3.63, 3.8) is 0 Å². The van der Waals surface area contributed by atoms with E-state index in [9.17, 15) is 0 Å². The van der Waals surface area contributed by atoms with Crippen molar-refractivity contribution in [1.29, 1.82) is 0 Å². The predicted octanol–water partition coefficient (Wildman–Crippen LogP) is 1.46. The van der Waals surface area contributed by atoms with E-state index in [-0.39, 0.29) is 0 Å². The summed E-state index contributed by atoms with van der Waals surface area (Å²) in [6.07, 6.45) is 0. The highest BCUT2D eigenvalue weighted by molar-refractivity contribution is 5.81. The van der Waals surface area contributed by atoms with Gasteiger partial charge in [0.2, 0.25) is 0 Å². The van der Waals surface area contributed by atoms with Crippen molar-refractivity contribution in [2.45, 2.75) is 0 Å². The van der Waals surface area contributed by atoms with Gasteiger partial charge in [0, 0.05) is 0 Å². The van der Waals surface area contributed by atoms with Crippen molar-refractivity contribution in [1.82, 2.24) is 0 Å². The van der Waals surface area contributed by atoms with Gasteiger partial charge in [-0.25, -0.2) is 0 Å². The fourth-order valence-electron chi connectivity index (χ4n) is 1.25. The highest BCUT2D eigenvalue weighted by Gasteiger charge is 1.90. The minimum absolute atomic E-state index is 0.883. The monoisotopic (exact) mass is 153 g/mol. The summed E-state index contributed by atoms with van der Waals surface area (Å²) >= 11 is 0. The molecule has 2 aromatic carbocycles. The van der Waals surface area contributed by atoms with E-state index >= 15 is 0 Å². The number of hydrogen-bond donors (Lipinski definition) is 0. The number of rotatable bonds is 0. The van der Waals surface area contributed by atoms with Gasteiger partial charge >= 0.3 is 0 Å². The topological polar surface area (TPSA) is 0 Å². The van der Waals surface area contributed by atoms with E-state index in [0.717, 1.165) is 15.8 Å². The van der Waals surface area contributed by atoms with Gasteiger partial charge in [-0.3, -0.25) is 0 Å². The van der Waals surface area contributed by atoms with E-state index in [1.807, 2.05) is 24.3 Å². The van der Waals surface area contributed by atoms with Gasteiger partial charge < -0.3 is 0 Å². The minimum Gasteiger partial charge on any atom is -0.0911 e. The molecule has 0 heterocycles. The highest BCUT2D eigenvalue weighted by atomic mass is 13.9. The molecule has 12 heavy (non-hydrogen) atoms. The summed E-state index contributed by atoms with van der Waals surface area (Å²) in [5, 5.41) is 4.12. The van der Waals surface area contributed by atoms with Crippen molar-refractivity contribution in [2.24, 2.45) is 0 Å². The molecule has 0 unspecified atom stereocenters. The summed E-state index contributed by atoms with van der Waals surface area (Å²) in [6, 6.07) is 13.3. The molecule has 2 rings (SSSR count). The third kappa shape index (κ3) is 1.02. The van der Waals surface area contributed by atoms with Gasteiger partial charge in [-0.15, -0.1) is 0 Å². The lowest BCUT2D eigenvalue weighted by Crippen LogP contribution is -2.20. The maximum absolute atomic E-state index is 3.88. The summed E-state index contributed by atoms with van der Waals surface area (Å²) in [6.45, 7) is 7.73. The second-order valence-corrected chi connectivity index (χ2v) is 2.86. The first kappa shape index (κ1) is 7.11. The van der Waals surface area contributed by atoms with Crippen LogP contribution in [-0.2, 0) is 0 Å². The van der Waals surface area contributed by atoms with E-state index in [2.05, 4.69) is 25.3 Å². The molecule has 0 fully saturated rings. The SMILES string of the molecule is C=c1[c]c2ccccc2cc1=C. The van der Waals surface area contributed by atoms with Crippen LogP contribution in [0.25, 0.3) is 23.9 Å². The Labute approximate surface area is 71.5 Å². The van der Waals surface area contributed by atoms with Gasteiger partial charge in [-0.05, 0) is 33.3 Å². The first-order valence-corrected chi connectivity index (χ1v) is 3.86. The zero-order chi connectivity index (χ0) is 8.55. The van der Waals surface area contributed by atoms with Gasteiger partial charge in [0.1, 0.15) is 0 Å². The van der Waals surface area contributed by atoms with E-state index in [1.165, 1.54) is 5.39 Å². The van der Waals surface area contributed by atoms with Crippen molar-refractivity contribution in [3.8, 4) is 0 Å². The van der Waals surface area contributed by atoms with Crippen molar-refractivity contribution < 1.29 is 0 Å². The molecular weight excluding hydrogens is 144 g/mol. The second-order valence-electron chi connectivity index (χ2n) is 2.86. The largest absolute Gasteiger partial charge is 0.0911 e. The Hall–Kier alpha value is -1.56. The van der Waals surface area contributed by atoms with Crippen molar-refractivity contribution in [3.05, 3.63) is 46.8 Å². The standard InChI is InChI=1S/C12H9/c1-9-7-11-5-3-4-6-12(11)8-10(9)2/h3-7H,1-2H2. The molecule has 0 spiro atoms. The van der Waals surface area contributed by atoms with Crippen molar-refractivity contribution >= 4 is 23.9 Å². The molecule has 0 N–H and O–H groups in total. The van der Waals surface area contributed by atoms with Crippen LogP contribution in [0.3, 0.4) is 0 Å². The highest BCUT2D eigenvalue weighted by Crippen LogP contribution is 2.06. The maximum atomic E-state index is 3.88. The molecule has 0 saturated carbocycles. The molecule has 0 aliphatic heterocycles. The van der Waals surface area contributed by atoms with Gasteiger partial charge in [0.25, 0.3) is 0 Å². The maximum Gasteiger partial charge on any atom is -0.00207 e. The Bertz CT molecular complexity index is 461. The average molecular weight is 153 g/mol. The van der Waals surface area contributed by atoms with Crippen molar-refractivity contribution in [2.75, 3.05) is 0 Å². The van der Waals surface area contributed by atoms with Crippen LogP contribution in [0.15, 0.2) is 30.3 Å². The predicted molar refractivity (Wildman–Crippen MR) is 53.1 cm³/mol. The first-order chi connectivity index (χ1) is 5.77. The van der Waals surface area contributed by atoms with Gasteiger partial charge in [0.15, 0.2) is 0 Å². The Kier molecular flexibility index (Phi) is 1.47. The third-order valence-corrected chi connectivity index (χ3v) is 1.96. The molecule has 0 nitrogen and oxygen atoms in total. The molecule has 0 amide bonds. The molecule has 0 saturated heterocycles. The van der Waals surface area contributed by atoms with E-state index in [0.29, 0.717) is 0 Å². The van der Waals surface area contributed by atoms with Crippen LogP contribution in [0.4, 0.5) is 0 Å². The van der Waals surface area contributed by atoms with Crippen LogP contribution < -0.4 is 10.4 Å². The van der Waals surface area contributed by atoms with Crippen LogP contribution in [-0.4, -0.2) is 0 Å². The summed E-state index contributed by atoms with van der Waals surface area (Å²) in [7, 11) is 0. The molecule has 0 aliphatic carbocycles. The van der Waals surface area contributed by atoms with E-state index < -0.39 is 0 Å². The summed E-state index contributed by atoms with van der Waals surface area (Å²) in [5.41, 5.74) is 0. The molecule has 0 heteroatoms. The van der Waals surface area contributed by atoms with E-state index in [1.54, 1.807) is 0 Å². The quantitative estimate of drug-likeness (QED) is 0.537. The Morgan fingerprint density at radius 2 is 1.83 bits per heavy atom. The molecule has 0 atom stereocenters. The Balaban J connectivity index is 3.03. The lowest BCUT2D eigenvalue weighted by atomic mass is 10.1. The van der Waals surface area contributed by atoms with Crippen LogP contribution in [0, 0.1) is 6.07 Å². The molecule has 0 aromatic heterocycles. The van der Waals surface area contributed by atoms with Crippen LogP contribution in [0.2, 0.25) is 0 Å². The summed E-state index contributed by atoms with van der Waals surface area (Å²) in [5.74, 6) is 0. The van der Waals surface area contributed by atoms with E-state index in [4.69, 9.17) is 0 Å². The molecule has 1 radical (unpaired) electrons. The number of fused-ring (bicyclic) bond motifs is 1. The number of hydrogen-bond acceptors (Lipinski definition) is 0.